The van der Waals surface area contributed by atoms with E-state index in [1.807, 2.05) is 6.92 Å². The molecule has 1 aliphatic carbocycles. The molecule has 2 N–H and O–H groups in total. The summed E-state index contributed by atoms with van der Waals surface area (Å²) in [6, 6.07) is 0. The molecule has 4 heteroatoms. The van der Waals surface area contributed by atoms with E-state index in [1.54, 1.807) is 4.68 Å². The van der Waals surface area contributed by atoms with Gasteiger partial charge in [-0.3, -0.25) is 0 Å². The van der Waals surface area contributed by atoms with Crippen molar-refractivity contribution in [3.8, 4) is 0 Å². The van der Waals surface area contributed by atoms with Crippen LogP contribution < -0.4 is 5.73 Å². The Balaban J connectivity index is 2.24. The molecule has 4 nitrogen and oxygen atoms in total. The summed E-state index contributed by atoms with van der Waals surface area (Å²) >= 11 is 0. The van der Waals surface area contributed by atoms with Crippen molar-refractivity contribution in [2.45, 2.75) is 45.1 Å². The van der Waals surface area contributed by atoms with Crippen LogP contribution in [-0.2, 0) is 6.54 Å². The Morgan fingerprint density at radius 1 is 1.46 bits per heavy atom. The van der Waals surface area contributed by atoms with Gasteiger partial charge < -0.3 is 5.73 Å². The van der Waals surface area contributed by atoms with Gasteiger partial charge >= 0.3 is 0 Å². The zero-order valence-electron chi connectivity index (χ0n) is 8.03. The van der Waals surface area contributed by atoms with Crippen LogP contribution in [0.25, 0.3) is 0 Å². The number of aromatic nitrogens is 3. The van der Waals surface area contributed by atoms with E-state index >= 15 is 0 Å². The molecular weight excluding hydrogens is 164 g/mol. The minimum absolute atomic E-state index is 0.570. The van der Waals surface area contributed by atoms with Crippen LogP contribution in [-0.4, -0.2) is 15.0 Å². The normalized spacial score (nSPS) is 18.2. The van der Waals surface area contributed by atoms with Crippen LogP contribution in [0, 0.1) is 0 Å². The standard InChI is InChI=1S/C9H16N4/c1-2-13-9(10)8(11-12-13)7-5-3-4-6-7/h7H,2-6,10H2,1H3. The molecule has 0 spiro atoms. The first-order valence-corrected chi connectivity index (χ1v) is 5.01. The maximum atomic E-state index is 5.93. The molecule has 1 aromatic heterocycles. The fourth-order valence-electron chi connectivity index (χ4n) is 2.06. The fraction of sp³-hybridized carbons (Fsp3) is 0.778. The van der Waals surface area contributed by atoms with Gasteiger partial charge in [-0.05, 0) is 19.8 Å². The number of nitrogens with zero attached hydrogens (tertiary/aromatic N) is 3. The highest BCUT2D eigenvalue weighted by Gasteiger charge is 2.23. The third-order valence-electron chi connectivity index (χ3n) is 2.84. The third-order valence-corrected chi connectivity index (χ3v) is 2.84. The summed E-state index contributed by atoms with van der Waals surface area (Å²) in [5.74, 6) is 1.34. The smallest absolute Gasteiger partial charge is 0.145 e. The van der Waals surface area contributed by atoms with E-state index in [9.17, 15) is 0 Å². The maximum absolute atomic E-state index is 5.93. The minimum Gasteiger partial charge on any atom is -0.382 e. The largest absolute Gasteiger partial charge is 0.382 e. The number of nitrogens with two attached hydrogens (primary N) is 1. The average Bonchev–Trinajstić information content (AvgIpc) is 2.72. The Labute approximate surface area is 78.1 Å². The molecule has 1 fully saturated rings. The van der Waals surface area contributed by atoms with Gasteiger partial charge in [0.1, 0.15) is 11.5 Å². The number of hydrogen-bond acceptors (Lipinski definition) is 3. The van der Waals surface area contributed by atoms with Crippen LogP contribution in [0.2, 0.25) is 0 Å². The lowest BCUT2D eigenvalue weighted by molar-refractivity contribution is 0.631. The van der Waals surface area contributed by atoms with Gasteiger partial charge in [0, 0.05) is 12.5 Å². The highest BCUT2D eigenvalue weighted by atomic mass is 15.4. The van der Waals surface area contributed by atoms with Crippen molar-refractivity contribution in [2.75, 3.05) is 5.73 Å². The van der Waals surface area contributed by atoms with Crippen LogP contribution in [0.4, 0.5) is 5.82 Å². The molecule has 0 atom stereocenters. The monoisotopic (exact) mass is 180 g/mol. The molecule has 1 aliphatic rings. The molecule has 1 aromatic rings. The van der Waals surface area contributed by atoms with Gasteiger partial charge in [0.15, 0.2) is 0 Å². The number of hydrogen-bond donors (Lipinski definition) is 1. The number of nitrogen functional groups attached to an aromatic ring is 1. The minimum atomic E-state index is 0.570. The van der Waals surface area contributed by atoms with E-state index in [0.29, 0.717) is 5.92 Å². The SMILES string of the molecule is CCn1nnc(C2CCCC2)c1N. The predicted octanol–water partition coefficient (Wildman–Crippen LogP) is 1.54. The molecule has 0 amide bonds. The summed E-state index contributed by atoms with van der Waals surface area (Å²) in [4.78, 5) is 0. The van der Waals surface area contributed by atoms with Gasteiger partial charge in [-0.2, -0.15) is 0 Å². The van der Waals surface area contributed by atoms with Gasteiger partial charge in [0.2, 0.25) is 0 Å². The van der Waals surface area contributed by atoms with Crippen molar-refractivity contribution in [1.82, 2.24) is 15.0 Å². The molecular formula is C9H16N4. The molecule has 0 radical (unpaired) electrons. The first kappa shape index (κ1) is 8.53. The highest BCUT2D eigenvalue weighted by molar-refractivity contribution is 5.36. The Hall–Kier alpha value is -1.06. The van der Waals surface area contributed by atoms with Gasteiger partial charge in [-0.1, -0.05) is 18.1 Å². The lowest BCUT2D eigenvalue weighted by Gasteiger charge is -2.05. The summed E-state index contributed by atoms with van der Waals surface area (Å²) in [7, 11) is 0. The van der Waals surface area contributed by atoms with Crippen molar-refractivity contribution in [1.29, 1.82) is 0 Å². The summed E-state index contributed by atoms with van der Waals surface area (Å²) in [5.41, 5.74) is 6.96. The molecule has 0 bridgehead atoms. The number of rotatable bonds is 2. The second-order valence-corrected chi connectivity index (χ2v) is 3.66. The lowest BCUT2D eigenvalue weighted by atomic mass is 10.0. The van der Waals surface area contributed by atoms with Crippen molar-refractivity contribution in [2.24, 2.45) is 0 Å². The van der Waals surface area contributed by atoms with Gasteiger partial charge in [0.05, 0.1) is 0 Å². The van der Waals surface area contributed by atoms with Crippen LogP contribution in [0.15, 0.2) is 0 Å². The van der Waals surface area contributed by atoms with Crippen molar-refractivity contribution in [3.63, 3.8) is 0 Å². The molecule has 2 rings (SSSR count). The third kappa shape index (κ3) is 1.41. The molecule has 0 aromatic carbocycles. The number of anilines is 1. The second kappa shape index (κ2) is 3.36. The van der Waals surface area contributed by atoms with Crippen molar-refractivity contribution < 1.29 is 0 Å². The Morgan fingerprint density at radius 3 is 2.69 bits per heavy atom. The molecule has 72 valence electrons. The second-order valence-electron chi connectivity index (χ2n) is 3.66. The van der Waals surface area contributed by atoms with Crippen LogP contribution in [0.3, 0.4) is 0 Å². The van der Waals surface area contributed by atoms with E-state index in [2.05, 4.69) is 10.3 Å². The van der Waals surface area contributed by atoms with Crippen LogP contribution in [0.5, 0.6) is 0 Å². The van der Waals surface area contributed by atoms with Gasteiger partial charge in [-0.15, -0.1) is 5.10 Å². The fourth-order valence-corrected chi connectivity index (χ4v) is 2.06. The zero-order chi connectivity index (χ0) is 9.26. The van der Waals surface area contributed by atoms with Crippen molar-refractivity contribution >= 4 is 5.82 Å². The van der Waals surface area contributed by atoms with Crippen LogP contribution >= 0.6 is 0 Å². The van der Waals surface area contributed by atoms with Gasteiger partial charge in [-0.25, -0.2) is 4.68 Å². The Kier molecular flexibility index (Phi) is 2.20. The number of aryl methyl sites for hydroxylation is 1. The van der Waals surface area contributed by atoms with E-state index in [-0.39, 0.29) is 0 Å². The van der Waals surface area contributed by atoms with Gasteiger partial charge in [0.25, 0.3) is 0 Å². The van der Waals surface area contributed by atoms with E-state index < -0.39 is 0 Å². The summed E-state index contributed by atoms with van der Waals surface area (Å²) in [6.07, 6.45) is 5.07. The molecule has 1 heterocycles. The molecule has 0 saturated heterocycles. The lowest BCUT2D eigenvalue weighted by Crippen LogP contribution is -2.04. The topological polar surface area (TPSA) is 56.7 Å². The quantitative estimate of drug-likeness (QED) is 0.751. The van der Waals surface area contributed by atoms with E-state index in [0.717, 1.165) is 18.1 Å². The summed E-state index contributed by atoms with van der Waals surface area (Å²) in [6.45, 7) is 2.84. The highest BCUT2D eigenvalue weighted by Crippen LogP contribution is 2.35. The van der Waals surface area contributed by atoms with E-state index in [4.69, 9.17) is 5.73 Å². The summed E-state index contributed by atoms with van der Waals surface area (Å²) in [5, 5.41) is 8.18. The molecule has 0 aliphatic heterocycles. The molecule has 1 saturated carbocycles. The maximum Gasteiger partial charge on any atom is 0.145 e. The molecule has 13 heavy (non-hydrogen) atoms. The van der Waals surface area contributed by atoms with Crippen molar-refractivity contribution in [3.05, 3.63) is 5.69 Å². The Morgan fingerprint density at radius 2 is 2.15 bits per heavy atom. The summed E-state index contributed by atoms with van der Waals surface area (Å²) < 4.78 is 1.77. The average molecular weight is 180 g/mol. The first-order chi connectivity index (χ1) is 6.33. The zero-order valence-corrected chi connectivity index (χ0v) is 8.03. The van der Waals surface area contributed by atoms with Crippen LogP contribution in [0.1, 0.15) is 44.2 Å². The Bertz CT molecular complexity index is 286. The van der Waals surface area contributed by atoms with E-state index in [1.165, 1.54) is 25.7 Å². The molecule has 0 unspecified atom stereocenters. The first-order valence-electron chi connectivity index (χ1n) is 5.01. The predicted molar refractivity (Wildman–Crippen MR) is 51.3 cm³/mol.